The van der Waals surface area contributed by atoms with E-state index in [2.05, 4.69) is 5.32 Å². The van der Waals surface area contributed by atoms with Crippen LogP contribution in [0.25, 0.3) is 33.4 Å². The smallest absolute Gasteiger partial charge is 0.338 e. The number of esters is 3. The van der Waals surface area contributed by atoms with Crippen LogP contribution in [0.15, 0.2) is 57.7 Å². The number of carbonyl (C=O) groups is 4. The van der Waals surface area contributed by atoms with E-state index in [-0.39, 0.29) is 45.7 Å². The van der Waals surface area contributed by atoms with E-state index in [0.717, 1.165) is 0 Å². The molecule has 47 heavy (non-hydrogen) atoms. The number of hydrogen-bond donors (Lipinski definition) is 1. The molecule has 5 rings (SSSR count). The lowest BCUT2D eigenvalue weighted by molar-refractivity contribution is -0.214. The van der Waals surface area contributed by atoms with E-state index in [4.69, 9.17) is 51.3 Å². The monoisotopic (exact) mass is 685 g/mol. The molecule has 1 saturated heterocycles. The molecule has 0 saturated carbocycles. The summed E-state index contributed by atoms with van der Waals surface area (Å²) in [4.78, 5) is 61.0. The van der Waals surface area contributed by atoms with E-state index in [1.165, 1.54) is 46.1 Å². The van der Waals surface area contributed by atoms with Gasteiger partial charge in [-0.05, 0) is 23.8 Å². The first-order chi connectivity index (χ1) is 22.4. The zero-order valence-electron chi connectivity index (χ0n) is 25.6. The predicted molar refractivity (Wildman–Crippen MR) is 170 cm³/mol. The largest absolute Gasteiger partial charge is 0.465 e. The first-order valence-corrected chi connectivity index (χ1v) is 15.1. The summed E-state index contributed by atoms with van der Waals surface area (Å²) in [5, 5.41) is 3.17. The molecule has 1 N–H and O–H groups in total. The summed E-state index contributed by atoms with van der Waals surface area (Å²) < 4.78 is 34.1. The first-order valence-electron chi connectivity index (χ1n) is 14.3. The topological polar surface area (TPSA) is 157 Å². The molecule has 1 aliphatic carbocycles. The minimum atomic E-state index is -1.28. The normalized spacial score (nSPS) is 19.2. The first kappa shape index (κ1) is 33.7. The summed E-state index contributed by atoms with van der Waals surface area (Å²) in [6, 6.07) is 11.4. The molecular weight excluding hydrogens is 657 g/mol. The number of methoxy groups -OCH3 is 1. The number of nitrogens with one attached hydrogen (secondary N) is 1. The Bertz CT molecular complexity index is 1910. The van der Waals surface area contributed by atoms with Gasteiger partial charge in [-0.1, -0.05) is 41.4 Å². The number of rotatable bonds is 8. The summed E-state index contributed by atoms with van der Waals surface area (Å²) in [6.07, 6.45) is -2.87. The van der Waals surface area contributed by atoms with Crippen LogP contribution < -0.4 is 15.5 Å². The van der Waals surface area contributed by atoms with Gasteiger partial charge in [0.1, 0.15) is 35.8 Å². The SMILES string of the molecule is COC(=O)c1ccccc1-c1c2cc(Cl)c(=O)cc-2oc2cc(OC3OC(COC(C)=O)CC(OC(C)=O)C3NC(C)=O)c(Cl)cc12. The maximum Gasteiger partial charge on any atom is 0.338 e. The second kappa shape index (κ2) is 14.0. The number of hydrogen-bond acceptors (Lipinski definition) is 11. The number of carbonyl (C=O) groups excluding carboxylic acids is 4. The van der Waals surface area contributed by atoms with Gasteiger partial charge in [-0.15, -0.1) is 0 Å². The highest BCUT2D eigenvalue weighted by molar-refractivity contribution is 6.33. The standard InChI is InChI=1S/C33H29Cl2NO11/c1-15(37)36-31-29(44-17(3)39)9-18(14-43-16(2)38)45-33(31)47-28-13-27-22(11-24(28)35)30(19-7-5-6-8-20(19)32(41)42-4)21-10-23(34)25(40)12-26(21)46-27/h5-8,10-13,18,29,31,33H,9,14H2,1-4H3,(H,36,37). The Morgan fingerprint density at radius 3 is 2.38 bits per heavy atom. The van der Waals surface area contributed by atoms with Crippen molar-refractivity contribution in [3.05, 3.63) is 74.4 Å². The van der Waals surface area contributed by atoms with Crippen molar-refractivity contribution in [1.82, 2.24) is 5.32 Å². The summed E-state index contributed by atoms with van der Waals surface area (Å²) in [7, 11) is 1.26. The van der Waals surface area contributed by atoms with Crippen molar-refractivity contribution in [2.45, 2.75) is 51.7 Å². The fraction of sp³-hybridized carbons (Fsp3) is 0.303. The van der Waals surface area contributed by atoms with Gasteiger partial charge in [-0.2, -0.15) is 0 Å². The van der Waals surface area contributed by atoms with Gasteiger partial charge in [0.2, 0.25) is 17.6 Å². The molecular formula is C33H29Cl2NO11. The molecule has 246 valence electrons. The zero-order chi connectivity index (χ0) is 34.0. The Kier molecular flexibility index (Phi) is 10.0. The van der Waals surface area contributed by atoms with E-state index >= 15 is 0 Å². The lowest BCUT2D eigenvalue weighted by Gasteiger charge is -2.40. The van der Waals surface area contributed by atoms with Crippen LogP contribution in [-0.4, -0.2) is 62.1 Å². The molecule has 1 amide bonds. The van der Waals surface area contributed by atoms with E-state index in [0.29, 0.717) is 22.1 Å². The Balaban J connectivity index is 1.66. The number of halogens is 2. The molecule has 2 aromatic rings. The Hall–Kier alpha value is -4.65. The Morgan fingerprint density at radius 1 is 0.957 bits per heavy atom. The van der Waals surface area contributed by atoms with Crippen LogP contribution in [0.3, 0.4) is 0 Å². The minimum absolute atomic E-state index is 0.0424. The van der Waals surface area contributed by atoms with Gasteiger partial charge >= 0.3 is 17.9 Å². The zero-order valence-corrected chi connectivity index (χ0v) is 27.1. The van der Waals surface area contributed by atoms with Crippen LogP contribution in [0, 0.1) is 0 Å². The second-order valence-electron chi connectivity index (χ2n) is 10.7. The lowest BCUT2D eigenvalue weighted by Crippen LogP contribution is -2.60. The van der Waals surface area contributed by atoms with Gasteiger partial charge in [0.05, 0.1) is 28.8 Å². The average Bonchev–Trinajstić information content (AvgIpc) is 3.01. The molecule has 1 fully saturated rings. The number of ether oxygens (including phenoxy) is 5. The van der Waals surface area contributed by atoms with Crippen molar-refractivity contribution in [2.24, 2.45) is 0 Å². The highest BCUT2D eigenvalue weighted by Crippen LogP contribution is 2.45. The van der Waals surface area contributed by atoms with Crippen LogP contribution >= 0.6 is 23.2 Å². The van der Waals surface area contributed by atoms with Crippen molar-refractivity contribution >= 4 is 58.0 Å². The van der Waals surface area contributed by atoms with E-state index in [9.17, 15) is 24.0 Å². The molecule has 0 bridgehead atoms. The molecule has 0 spiro atoms. The van der Waals surface area contributed by atoms with Gasteiger partial charge in [-0.25, -0.2) is 4.79 Å². The van der Waals surface area contributed by atoms with Crippen molar-refractivity contribution in [1.29, 1.82) is 0 Å². The maximum absolute atomic E-state index is 12.8. The molecule has 0 aromatic heterocycles. The molecule has 12 nitrogen and oxygen atoms in total. The Morgan fingerprint density at radius 2 is 1.70 bits per heavy atom. The van der Waals surface area contributed by atoms with Crippen LogP contribution in [0.2, 0.25) is 10.0 Å². The molecule has 3 aliphatic rings. The summed E-state index contributed by atoms with van der Waals surface area (Å²) in [5.41, 5.74) is 1.34. The molecule has 14 heteroatoms. The third-order valence-electron chi connectivity index (χ3n) is 7.35. The van der Waals surface area contributed by atoms with Gasteiger partial charge in [-0.3, -0.25) is 19.2 Å². The highest BCUT2D eigenvalue weighted by atomic mass is 35.5. The van der Waals surface area contributed by atoms with Gasteiger partial charge in [0, 0.05) is 55.8 Å². The third-order valence-corrected chi connectivity index (χ3v) is 7.94. The highest BCUT2D eigenvalue weighted by Gasteiger charge is 2.43. The van der Waals surface area contributed by atoms with Gasteiger partial charge in [0.15, 0.2) is 0 Å². The molecule has 4 unspecified atom stereocenters. The van der Waals surface area contributed by atoms with Gasteiger partial charge < -0.3 is 33.4 Å². The van der Waals surface area contributed by atoms with Crippen molar-refractivity contribution in [3.8, 4) is 28.2 Å². The van der Waals surface area contributed by atoms with Crippen LogP contribution in [0.4, 0.5) is 0 Å². The lowest BCUT2D eigenvalue weighted by atomic mass is 9.90. The quantitative estimate of drug-likeness (QED) is 0.149. The van der Waals surface area contributed by atoms with Crippen LogP contribution in [0.5, 0.6) is 5.75 Å². The summed E-state index contributed by atoms with van der Waals surface area (Å²) >= 11 is 13.0. The molecule has 2 aliphatic heterocycles. The fourth-order valence-corrected chi connectivity index (χ4v) is 5.82. The molecule has 2 heterocycles. The molecule has 0 radical (unpaired) electrons. The number of amides is 1. The molecule has 4 atom stereocenters. The average molecular weight is 686 g/mol. The van der Waals surface area contributed by atoms with Crippen LogP contribution in [0.1, 0.15) is 37.6 Å². The van der Waals surface area contributed by atoms with Gasteiger partial charge in [0.25, 0.3) is 0 Å². The second-order valence-corrected chi connectivity index (χ2v) is 11.5. The van der Waals surface area contributed by atoms with E-state index in [1.807, 2.05) is 0 Å². The Labute approximate surface area is 278 Å². The maximum atomic E-state index is 12.8. The van der Waals surface area contributed by atoms with Crippen LogP contribution in [-0.2, 0) is 33.3 Å². The molecule has 2 aromatic carbocycles. The number of fused-ring (bicyclic) bond motifs is 2. The predicted octanol–water partition coefficient (Wildman–Crippen LogP) is 5.15. The number of benzene rings is 3. The van der Waals surface area contributed by atoms with Crippen molar-refractivity contribution in [3.63, 3.8) is 0 Å². The minimum Gasteiger partial charge on any atom is -0.465 e. The summed E-state index contributed by atoms with van der Waals surface area (Å²) in [5.74, 6) is -1.99. The third kappa shape index (κ3) is 7.35. The van der Waals surface area contributed by atoms with Crippen molar-refractivity contribution in [2.75, 3.05) is 13.7 Å². The van der Waals surface area contributed by atoms with E-state index in [1.54, 1.807) is 30.3 Å². The summed E-state index contributed by atoms with van der Waals surface area (Å²) in [6.45, 7) is 3.57. The van der Waals surface area contributed by atoms with Crippen molar-refractivity contribution < 1.29 is 47.3 Å². The van der Waals surface area contributed by atoms with E-state index < -0.39 is 53.8 Å². The fourth-order valence-electron chi connectivity index (χ4n) is 5.45.